The lowest BCUT2D eigenvalue weighted by molar-refractivity contribution is -0.123. The minimum Gasteiger partial charge on any atom is -0.394 e. The molecule has 0 heterocycles. The maximum Gasteiger partial charge on any atom is 0.220 e. The van der Waals surface area contributed by atoms with Gasteiger partial charge in [-0.1, -0.05) is 289 Å². The molecule has 3 N–H and O–H groups in total. The summed E-state index contributed by atoms with van der Waals surface area (Å²) in [6, 6.07) is -0.617. The topological polar surface area (TPSA) is 69.6 Å². The number of rotatable bonds is 49. The first kappa shape index (κ1) is 56.1. The summed E-state index contributed by atoms with van der Waals surface area (Å²) in [5, 5.41) is 23.1. The largest absolute Gasteiger partial charge is 0.394 e. The second-order valence-electron chi connectivity index (χ2n) is 18.3. The van der Waals surface area contributed by atoms with Gasteiger partial charge in [0.2, 0.25) is 5.91 Å². The summed E-state index contributed by atoms with van der Waals surface area (Å²) < 4.78 is 0. The van der Waals surface area contributed by atoms with Crippen LogP contribution in [0.1, 0.15) is 303 Å². The molecule has 0 saturated heterocycles. The standard InChI is InChI=1S/C53H105NO3/c1-3-5-7-9-11-13-15-17-19-21-22-23-24-25-26-27-28-29-30-31-32-33-35-37-39-41-43-45-47-49-53(57)54-51(50-55)52(56)48-46-44-42-40-38-36-34-20-18-16-14-12-10-8-6-4-2/h46,48,51-52,55-56H,3-45,47,49-50H2,1-2H3,(H,54,57)/b48-46+. The Hall–Kier alpha value is -0.870. The van der Waals surface area contributed by atoms with Crippen LogP contribution in [-0.2, 0) is 4.79 Å². The lowest BCUT2D eigenvalue weighted by Crippen LogP contribution is -2.45. The molecule has 4 nitrogen and oxygen atoms in total. The fourth-order valence-corrected chi connectivity index (χ4v) is 8.48. The van der Waals surface area contributed by atoms with Crippen LogP contribution in [0, 0.1) is 0 Å². The number of carbonyl (C=O) groups is 1. The molecular weight excluding hydrogens is 699 g/mol. The molecule has 340 valence electrons. The number of nitrogens with one attached hydrogen (secondary N) is 1. The van der Waals surface area contributed by atoms with Gasteiger partial charge in [-0.15, -0.1) is 0 Å². The number of unbranched alkanes of at least 4 members (excludes halogenated alkanes) is 42. The van der Waals surface area contributed by atoms with Crippen molar-refractivity contribution in [1.29, 1.82) is 0 Å². The van der Waals surface area contributed by atoms with Crippen molar-refractivity contribution >= 4 is 5.91 Å². The van der Waals surface area contributed by atoms with E-state index in [1.165, 1.54) is 257 Å². The van der Waals surface area contributed by atoms with E-state index in [-0.39, 0.29) is 12.5 Å². The minimum atomic E-state index is -0.834. The van der Waals surface area contributed by atoms with Crippen molar-refractivity contribution in [3.05, 3.63) is 12.2 Å². The number of amides is 1. The number of carbonyl (C=O) groups excluding carboxylic acids is 1. The van der Waals surface area contributed by atoms with Crippen LogP contribution >= 0.6 is 0 Å². The first-order valence-electron chi connectivity index (χ1n) is 26.4. The van der Waals surface area contributed by atoms with Gasteiger partial charge in [-0.3, -0.25) is 4.79 Å². The Morgan fingerprint density at radius 1 is 0.404 bits per heavy atom. The van der Waals surface area contributed by atoms with Crippen molar-refractivity contribution in [1.82, 2.24) is 5.32 Å². The molecule has 0 aliphatic rings. The van der Waals surface area contributed by atoms with Crippen molar-refractivity contribution in [2.45, 2.75) is 315 Å². The van der Waals surface area contributed by atoms with Gasteiger partial charge in [-0.2, -0.15) is 0 Å². The van der Waals surface area contributed by atoms with Crippen molar-refractivity contribution < 1.29 is 15.0 Å². The zero-order valence-electron chi connectivity index (χ0n) is 39.1. The van der Waals surface area contributed by atoms with Crippen molar-refractivity contribution in [2.24, 2.45) is 0 Å². The van der Waals surface area contributed by atoms with E-state index in [1.54, 1.807) is 6.08 Å². The highest BCUT2D eigenvalue weighted by Crippen LogP contribution is 2.17. The summed E-state index contributed by atoms with van der Waals surface area (Å²) >= 11 is 0. The van der Waals surface area contributed by atoms with Gasteiger partial charge in [-0.25, -0.2) is 0 Å². The van der Waals surface area contributed by atoms with Gasteiger partial charge in [0.05, 0.1) is 18.8 Å². The summed E-state index contributed by atoms with van der Waals surface area (Å²) in [4.78, 5) is 12.4. The molecule has 0 aromatic heterocycles. The maximum absolute atomic E-state index is 12.4. The SMILES string of the molecule is CCCCCCCCCCCCCCCC/C=C/C(O)C(CO)NC(=O)CCCCCCCCCCCCCCCCCCCCCCCCCCCCCCC. The van der Waals surface area contributed by atoms with Crippen molar-refractivity contribution in [3.63, 3.8) is 0 Å². The van der Waals surface area contributed by atoms with E-state index >= 15 is 0 Å². The normalized spacial score (nSPS) is 12.8. The number of aliphatic hydroxyl groups excluding tert-OH is 2. The van der Waals surface area contributed by atoms with Crippen LogP contribution < -0.4 is 5.32 Å². The fourth-order valence-electron chi connectivity index (χ4n) is 8.48. The third kappa shape index (κ3) is 46.1. The molecule has 0 spiro atoms. The van der Waals surface area contributed by atoms with Crippen LogP contribution in [-0.4, -0.2) is 34.9 Å². The average Bonchev–Trinajstić information content (AvgIpc) is 3.22. The molecule has 2 atom stereocenters. The van der Waals surface area contributed by atoms with E-state index in [9.17, 15) is 15.0 Å². The van der Waals surface area contributed by atoms with Crippen LogP contribution in [0.4, 0.5) is 0 Å². The second kappa shape index (κ2) is 49.5. The Bertz CT molecular complexity index is 784. The van der Waals surface area contributed by atoms with Gasteiger partial charge in [0, 0.05) is 6.42 Å². The highest BCUT2D eigenvalue weighted by molar-refractivity contribution is 5.76. The minimum absolute atomic E-state index is 0.0569. The monoisotopic (exact) mass is 804 g/mol. The molecule has 0 aliphatic heterocycles. The molecular formula is C53H105NO3. The number of allylic oxidation sites excluding steroid dienone is 1. The molecule has 0 rings (SSSR count). The van der Waals surface area contributed by atoms with E-state index < -0.39 is 12.1 Å². The average molecular weight is 804 g/mol. The molecule has 0 bridgehead atoms. The molecule has 0 fully saturated rings. The summed E-state index contributed by atoms with van der Waals surface area (Å²) in [5.41, 5.74) is 0. The Kier molecular flexibility index (Phi) is 48.7. The van der Waals surface area contributed by atoms with Crippen LogP contribution in [0.2, 0.25) is 0 Å². The van der Waals surface area contributed by atoms with E-state index in [2.05, 4.69) is 19.2 Å². The molecule has 0 aromatic carbocycles. The number of hydrogen-bond acceptors (Lipinski definition) is 3. The Morgan fingerprint density at radius 2 is 0.649 bits per heavy atom. The van der Waals surface area contributed by atoms with Crippen molar-refractivity contribution in [2.75, 3.05) is 6.61 Å². The maximum atomic E-state index is 12.4. The van der Waals surface area contributed by atoms with Crippen molar-refractivity contribution in [3.8, 4) is 0 Å². The fraction of sp³-hybridized carbons (Fsp3) is 0.943. The highest BCUT2D eigenvalue weighted by atomic mass is 16.3. The summed E-state index contributed by atoms with van der Waals surface area (Å²) in [6.45, 7) is 4.34. The summed E-state index contributed by atoms with van der Waals surface area (Å²) in [7, 11) is 0. The predicted molar refractivity (Wildman–Crippen MR) is 253 cm³/mol. The molecule has 0 aliphatic carbocycles. The van der Waals surface area contributed by atoms with Gasteiger partial charge in [0.15, 0.2) is 0 Å². The molecule has 0 aromatic rings. The van der Waals surface area contributed by atoms with Gasteiger partial charge in [0.25, 0.3) is 0 Å². The Morgan fingerprint density at radius 3 is 0.912 bits per heavy atom. The van der Waals surface area contributed by atoms with Crippen LogP contribution in [0.15, 0.2) is 12.2 Å². The van der Waals surface area contributed by atoms with Crippen LogP contribution in [0.5, 0.6) is 0 Å². The quantitative estimate of drug-likeness (QED) is 0.0424. The van der Waals surface area contributed by atoms with E-state index in [0.717, 1.165) is 25.7 Å². The molecule has 57 heavy (non-hydrogen) atoms. The van der Waals surface area contributed by atoms with E-state index in [4.69, 9.17) is 0 Å². The molecule has 2 unspecified atom stereocenters. The van der Waals surface area contributed by atoms with Gasteiger partial charge in [0.1, 0.15) is 0 Å². The Labute approximate surface area is 358 Å². The van der Waals surface area contributed by atoms with Gasteiger partial charge in [-0.05, 0) is 19.3 Å². The molecule has 4 heteroatoms. The predicted octanol–water partition coefficient (Wildman–Crippen LogP) is 17.0. The van der Waals surface area contributed by atoms with Crippen LogP contribution in [0.25, 0.3) is 0 Å². The molecule has 0 saturated carbocycles. The zero-order chi connectivity index (χ0) is 41.4. The lowest BCUT2D eigenvalue weighted by atomic mass is 10.0. The third-order valence-corrected chi connectivity index (χ3v) is 12.5. The second-order valence-corrected chi connectivity index (χ2v) is 18.3. The summed E-state index contributed by atoms with van der Waals surface area (Å²) in [6.07, 6.45) is 63.6. The van der Waals surface area contributed by atoms with Crippen LogP contribution in [0.3, 0.4) is 0 Å². The lowest BCUT2D eigenvalue weighted by Gasteiger charge is -2.20. The molecule has 1 amide bonds. The first-order valence-corrected chi connectivity index (χ1v) is 26.4. The highest BCUT2D eigenvalue weighted by Gasteiger charge is 2.18. The third-order valence-electron chi connectivity index (χ3n) is 12.5. The van der Waals surface area contributed by atoms with E-state index in [0.29, 0.717) is 6.42 Å². The Balaban J connectivity index is 3.42. The molecule has 0 radical (unpaired) electrons. The van der Waals surface area contributed by atoms with Gasteiger partial charge >= 0.3 is 0 Å². The number of hydrogen-bond donors (Lipinski definition) is 3. The van der Waals surface area contributed by atoms with Gasteiger partial charge < -0.3 is 15.5 Å². The first-order chi connectivity index (χ1) is 28.2. The smallest absolute Gasteiger partial charge is 0.220 e. The zero-order valence-corrected chi connectivity index (χ0v) is 39.1. The summed E-state index contributed by atoms with van der Waals surface area (Å²) in [5.74, 6) is -0.0569. The number of aliphatic hydroxyl groups is 2. The van der Waals surface area contributed by atoms with E-state index in [1.807, 2.05) is 6.08 Å².